The highest BCUT2D eigenvalue weighted by molar-refractivity contribution is 7.10. The Morgan fingerprint density at radius 3 is 2.72 bits per heavy atom. The number of aliphatic carboxylic acids is 1. The molecular weight excluding hydrogens is 256 g/mol. The number of carbonyl (C=O) groups is 1. The molecular formula is C12H10O5S. The third kappa shape index (κ3) is 2.28. The van der Waals surface area contributed by atoms with Crippen LogP contribution >= 0.6 is 11.3 Å². The fraction of sp³-hybridized carbons (Fsp3) is 0.167. The van der Waals surface area contributed by atoms with Crippen LogP contribution in [0.2, 0.25) is 0 Å². The van der Waals surface area contributed by atoms with Crippen molar-refractivity contribution in [3.05, 3.63) is 32.6 Å². The topological polar surface area (TPSA) is 83.8 Å². The van der Waals surface area contributed by atoms with E-state index in [1.807, 2.05) is 0 Å². The first kappa shape index (κ1) is 12.4. The van der Waals surface area contributed by atoms with Crippen LogP contribution in [0.4, 0.5) is 0 Å². The Morgan fingerprint density at radius 1 is 1.39 bits per heavy atom. The molecule has 2 rings (SSSR count). The molecule has 0 amide bonds. The number of hydrogen-bond acceptors (Lipinski definition) is 5. The van der Waals surface area contributed by atoms with E-state index < -0.39 is 5.97 Å². The molecule has 1 heterocycles. The minimum absolute atomic E-state index is 0.160. The monoisotopic (exact) mass is 266 g/mol. The normalized spacial score (nSPS) is 10.5. The third-order valence-electron chi connectivity index (χ3n) is 2.43. The number of rotatable bonds is 3. The maximum absolute atomic E-state index is 11.8. The van der Waals surface area contributed by atoms with Crippen LogP contribution in [0.25, 0.3) is 10.8 Å². The second kappa shape index (κ2) is 4.66. The molecule has 6 heteroatoms. The predicted octanol–water partition coefficient (Wildman–Crippen LogP) is 1.60. The van der Waals surface area contributed by atoms with Gasteiger partial charge < -0.3 is 14.9 Å². The summed E-state index contributed by atoms with van der Waals surface area (Å²) in [5.74, 6) is -0.749. The zero-order chi connectivity index (χ0) is 13.3. The Labute approximate surface area is 106 Å². The molecule has 0 aliphatic rings. The molecule has 18 heavy (non-hydrogen) atoms. The highest BCUT2D eigenvalue weighted by Crippen LogP contribution is 2.29. The maximum atomic E-state index is 11.8. The van der Waals surface area contributed by atoms with Gasteiger partial charge in [0, 0.05) is 10.9 Å². The fourth-order valence-electron chi connectivity index (χ4n) is 1.69. The molecule has 2 aromatic rings. The summed E-state index contributed by atoms with van der Waals surface area (Å²) in [5, 5.41) is 19.1. The number of phenolic OH excluding ortho intramolecular Hbond substituents is 1. The standard InChI is InChI=1S/C12H10O5S/c1-17-7-2-6-3-8(5-10(14)15)18-12(16)11(6)9(13)4-7/h2-4,13H,5H2,1H3,(H,14,15). The summed E-state index contributed by atoms with van der Waals surface area (Å²) in [6.45, 7) is 0. The number of ether oxygens (including phenoxy) is 1. The van der Waals surface area contributed by atoms with Crippen molar-refractivity contribution in [1.29, 1.82) is 0 Å². The molecule has 94 valence electrons. The molecule has 1 aromatic carbocycles. The minimum Gasteiger partial charge on any atom is -0.507 e. The molecule has 1 aromatic heterocycles. The van der Waals surface area contributed by atoms with Gasteiger partial charge in [0.15, 0.2) is 0 Å². The molecule has 0 aliphatic heterocycles. The lowest BCUT2D eigenvalue weighted by Crippen LogP contribution is -2.03. The van der Waals surface area contributed by atoms with Gasteiger partial charge in [-0.05, 0) is 17.5 Å². The van der Waals surface area contributed by atoms with E-state index in [4.69, 9.17) is 9.84 Å². The maximum Gasteiger partial charge on any atom is 0.308 e. The molecule has 0 saturated heterocycles. The van der Waals surface area contributed by atoms with E-state index in [9.17, 15) is 14.7 Å². The third-order valence-corrected chi connectivity index (χ3v) is 3.34. The number of fused-ring (bicyclic) bond motifs is 1. The molecule has 0 fully saturated rings. The smallest absolute Gasteiger partial charge is 0.308 e. The van der Waals surface area contributed by atoms with Crippen molar-refractivity contribution in [1.82, 2.24) is 0 Å². The van der Waals surface area contributed by atoms with E-state index in [-0.39, 0.29) is 22.3 Å². The Balaban J connectivity index is 2.70. The quantitative estimate of drug-likeness (QED) is 0.881. The van der Waals surface area contributed by atoms with Crippen LogP contribution in [-0.4, -0.2) is 23.3 Å². The number of benzene rings is 1. The number of carboxylic acids is 1. The predicted molar refractivity (Wildman–Crippen MR) is 67.7 cm³/mol. The van der Waals surface area contributed by atoms with E-state index in [1.165, 1.54) is 13.2 Å². The van der Waals surface area contributed by atoms with Gasteiger partial charge in [0.25, 0.3) is 0 Å². The summed E-state index contributed by atoms with van der Waals surface area (Å²) in [6.07, 6.45) is -0.214. The number of carboxylic acid groups (broad SMARTS) is 1. The first-order valence-electron chi connectivity index (χ1n) is 5.07. The highest BCUT2D eigenvalue weighted by Gasteiger charge is 2.11. The summed E-state index contributed by atoms with van der Waals surface area (Å²) in [6, 6.07) is 4.53. The lowest BCUT2D eigenvalue weighted by atomic mass is 10.1. The van der Waals surface area contributed by atoms with Gasteiger partial charge in [0.1, 0.15) is 11.5 Å². The van der Waals surface area contributed by atoms with E-state index in [0.717, 1.165) is 11.3 Å². The molecule has 0 unspecified atom stereocenters. The van der Waals surface area contributed by atoms with Crippen molar-refractivity contribution in [2.24, 2.45) is 0 Å². The second-order valence-electron chi connectivity index (χ2n) is 3.68. The van der Waals surface area contributed by atoms with Gasteiger partial charge in [0.2, 0.25) is 4.74 Å². The lowest BCUT2D eigenvalue weighted by molar-refractivity contribution is -0.136. The average molecular weight is 266 g/mol. The van der Waals surface area contributed by atoms with Gasteiger partial charge in [-0.15, -0.1) is 0 Å². The van der Waals surface area contributed by atoms with Crippen molar-refractivity contribution >= 4 is 28.1 Å². The average Bonchev–Trinajstić information content (AvgIpc) is 2.26. The summed E-state index contributed by atoms with van der Waals surface area (Å²) >= 11 is 0.826. The first-order chi connectivity index (χ1) is 8.51. The van der Waals surface area contributed by atoms with Gasteiger partial charge in [-0.25, -0.2) is 0 Å². The first-order valence-corrected chi connectivity index (χ1v) is 5.88. The molecule has 2 N–H and O–H groups in total. The van der Waals surface area contributed by atoms with Gasteiger partial charge in [-0.2, -0.15) is 0 Å². The zero-order valence-electron chi connectivity index (χ0n) is 9.47. The molecule has 0 atom stereocenters. The van der Waals surface area contributed by atoms with Crippen molar-refractivity contribution in [3.8, 4) is 11.5 Å². The van der Waals surface area contributed by atoms with Crippen LogP contribution < -0.4 is 9.48 Å². The van der Waals surface area contributed by atoms with E-state index in [1.54, 1.807) is 12.1 Å². The molecule has 0 saturated carbocycles. The van der Waals surface area contributed by atoms with Crippen molar-refractivity contribution < 1.29 is 19.7 Å². The Morgan fingerprint density at radius 2 is 2.11 bits per heavy atom. The summed E-state index contributed by atoms with van der Waals surface area (Å²) < 4.78 is 4.63. The Hall–Kier alpha value is -2.08. The molecule has 0 bridgehead atoms. The SMILES string of the molecule is COc1cc(O)c2c(=O)sc(CC(=O)O)cc2c1. The zero-order valence-corrected chi connectivity index (χ0v) is 10.3. The summed E-state index contributed by atoms with van der Waals surface area (Å²) in [5.41, 5.74) is 0. The number of methoxy groups -OCH3 is 1. The molecule has 0 aliphatic carbocycles. The van der Waals surface area contributed by atoms with Gasteiger partial charge in [0.05, 0.1) is 18.9 Å². The molecule has 0 radical (unpaired) electrons. The van der Waals surface area contributed by atoms with Gasteiger partial charge >= 0.3 is 5.97 Å². The summed E-state index contributed by atoms with van der Waals surface area (Å²) in [7, 11) is 1.45. The fourth-order valence-corrected chi connectivity index (χ4v) is 2.63. The minimum atomic E-state index is -1.00. The van der Waals surface area contributed by atoms with Gasteiger partial charge in [-0.1, -0.05) is 11.3 Å². The van der Waals surface area contributed by atoms with Crippen molar-refractivity contribution in [3.63, 3.8) is 0 Å². The highest BCUT2D eigenvalue weighted by atomic mass is 32.1. The molecule has 0 spiro atoms. The van der Waals surface area contributed by atoms with Crippen LogP contribution in [-0.2, 0) is 11.2 Å². The lowest BCUT2D eigenvalue weighted by Gasteiger charge is -2.05. The van der Waals surface area contributed by atoms with E-state index >= 15 is 0 Å². The van der Waals surface area contributed by atoms with Crippen LogP contribution in [0.15, 0.2) is 23.0 Å². The van der Waals surface area contributed by atoms with Gasteiger partial charge in [-0.3, -0.25) is 9.59 Å². The second-order valence-corrected chi connectivity index (χ2v) is 4.78. The van der Waals surface area contributed by atoms with E-state index in [0.29, 0.717) is 16.0 Å². The van der Waals surface area contributed by atoms with Crippen LogP contribution in [0, 0.1) is 0 Å². The number of aromatic hydroxyl groups is 1. The number of hydrogen-bond donors (Lipinski definition) is 2. The summed E-state index contributed by atoms with van der Waals surface area (Å²) in [4.78, 5) is 22.9. The van der Waals surface area contributed by atoms with Crippen molar-refractivity contribution in [2.75, 3.05) is 7.11 Å². The molecule has 5 nitrogen and oxygen atoms in total. The Kier molecular flexibility index (Phi) is 3.20. The number of phenols is 1. The van der Waals surface area contributed by atoms with Crippen LogP contribution in [0.3, 0.4) is 0 Å². The van der Waals surface area contributed by atoms with Crippen molar-refractivity contribution in [2.45, 2.75) is 6.42 Å². The van der Waals surface area contributed by atoms with Crippen LogP contribution in [0.5, 0.6) is 11.5 Å². The van der Waals surface area contributed by atoms with Crippen LogP contribution in [0.1, 0.15) is 4.88 Å². The largest absolute Gasteiger partial charge is 0.507 e. The Bertz CT molecular complexity index is 674. The van der Waals surface area contributed by atoms with E-state index in [2.05, 4.69) is 0 Å².